The van der Waals surface area contributed by atoms with Gasteiger partial charge in [0, 0.05) is 5.56 Å². The van der Waals surface area contributed by atoms with Crippen LogP contribution in [0.5, 0.6) is 5.75 Å². The number of rotatable bonds is 7. The van der Waals surface area contributed by atoms with E-state index >= 15 is 0 Å². The minimum absolute atomic E-state index is 0.208. The molecule has 1 heterocycles. The number of hydrogen-bond donors (Lipinski definition) is 1. The van der Waals surface area contributed by atoms with Gasteiger partial charge < -0.3 is 9.52 Å². The maximum absolute atomic E-state index is 12.0. The van der Waals surface area contributed by atoms with Crippen LogP contribution in [-0.4, -0.2) is 22.6 Å². The Morgan fingerprint density at radius 1 is 0.929 bits per heavy atom. The van der Waals surface area contributed by atoms with E-state index in [2.05, 4.69) is 26.6 Å². The van der Waals surface area contributed by atoms with Crippen molar-refractivity contribution in [2.75, 3.05) is 0 Å². The van der Waals surface area contributed by atoms with Crippen LogP contribution in [0.25, 0.3) is 22.3 Å². The van der Waals surface area contributed by atoms with Crippen LogP contribution in [0, 0.1) is 0 Å². The second-order valence-electron chi connectivity index (χ2n) is 6.85. The summed E-state index contributed by atoms with van der Waals surface area (Å²) in [6, 6.07) is 15.9. The molecule has 0 unspecified atom stereocenters. The molecule has 0 spiro atoms. The Morgan fingerprint density at radius 3 is 2.11 bits per heavy atom. The van der Waals surface area contributed by atoms with E-state index in [9.17, 15) is 9.90 Å². The van der Waals surface area contributed by atoms with Crippen molar-refractivity contribution >= 4 is 41.2 Å². The largest absolute Gasteiger partial charge is 0.502 e. The van der Waals surface area contributed by atoms with E-state index in [4.69, 9.17) is 4.42 Å². The number of fused-ring (bicyclic) bond motifs is 1. The predicted molar refractivity (Wildman–Crippen MR) is 125 cm³/mol. The SMILES string of the molecule is CCC[CH2][SnH]([Br])[CH2]CCC.O=c1c(O)c(-c2ccccc2)oc2ccccc12. The van der Waals surface area contributed by atoms with Crippen molar-refractivity contribution in [1.29, 1.82) is 0 Å². The maximum Gasteiger partial charge on any atom is 0.235 e. The van der Waals surface area contributed by atoms with Crippen LogP contribution in [-0.2, 0) is 0 Å². The van der Waals surface area contributed by atoms with Gasteiger partial charge in [-0.1, -0.05) is 42.5 Å². The van der Waals surface area contributed by atoms with E-state index in [-0.39, 0.29) is 11.5 Å². The van der Waals surface area contributed by atoms with Gasteiger partial charge in [-0.3, -0.25) is 4.79 Å². The van der Waals surface area contributed by atoms with Crippen molar-refractivity contribution in [1.82, 2.24) is 0 Å². The van der Waals surface area contributed by atoms with Gasteiger partial charge in [0.2, 0.25) is 11.2 Å². The third-order valence-electron chi connectivity index (χ3n) is 4.55. The smallest absolute Gasteiger partial charge is 0.235 e. The third kappa shape index (κ3) is 6.66. The number of benzene rings is 2. The van der Waals surface area contributed by atoms with Gasteiger partial charge >= 0.3 is 78.6 Å². The Hall–Kier alpha value is -1.27. The Bertz CT molecular complexity index is 901. The minimum atomic E-state index is -1.04. The summed E-state index contributed by atoms with van der Waals surface area (Å²) < 4.78 is 8.74. The molecule has 0 saturated carbocycles. The molecule has 5 heteroatoms. The number of unbranched alkanes of at least 4 members (excludes halogenated alkanes) is 2. The van der Waals surface area contributed by atoms with E-state index in [1.165, 1.54) is 25.7 Å². The molecule has 3 rings (SSSR count). The molecule has 150 valence electrons. The van der Waals surface area contributed by atoms with E-state index in [0.717, 1.165) is 0 Å². The van der Waals surface area contributed by atoms with Crippen LogP contribution in [0.2, 0.25) is 8.87 Å². The van der Waals surface area contributed by atoms with Crippen LogP contribution in [0.1, 0.15) is 39.5 Å². The first-order chi connectivity index (χ1) is 13.6. The molecule has 0 radical (unpaired) electrons. The zero-order valence-corrected chi connectivity index (χ0v) is 21.5. The summed E-state index contributed by atoms with van der Waals surface area (Å²) in [6.45, 7) is 4.57. The standard InChI is InChI=1S/C15H10O3.2C4H9.BrH.Sn.H/c16-13-11-8-4-5-9-12(11)18-15(14(13)17)10-6-2-1-3-7-10;2*1-3-4-2;;;/h1-9,17H;2*1,3-4H2,2H3;1H;;/q;;;;+1;/p-1. The van der Waals surface area contributed by atoms with Gasteiger partial charge in [0.1, 0.15) is 5.58 Å². The Labute approximate surface area is 180 Å². The summed E-state index contributed by atoms with van der Waals surface area (Å²) in [7, 11) is 0. The monoisotopic (exact) mass is 552 g/mol. The summed E-state index contributed by atoms with van der Waals surface area (Å²) in [4.78, 5) is 12.0. The molecule has 0 saturated heterocycles. The van der Waals surface area contributed by atoms with Gasteiger partial charge in [-0.25, -0.2) is 0 Å². The fraction of sp³-hybridized carbons (Fsp3) is 0.348. The van der Waals surface area contributed by atoms with Gasteiger partial charge in [0.15, 0.2) is 5.76 Å². The molecule has 0 aliphatic heterocycles. The van der Waals surface area contributed by atoms with Crippen molar-refractivity contribution in [2.24, 2.45) is 0 Å². The van der Waals surface area contributed by atoms with Crippen LogP contribution >= 0.6 is 12.7 Å². The summed E-state index contributed by atoms with van der Waals surface area (Å²) in [6.07, 6.45) is 5.70. The van der Waals surface area contributed by atoms with Crippen molar-refractivity contribution in [2.45, 2.75) is 48.4 Å². The number of aromatic hydroxyl groups is 1. The van der Waals surface area contributed by atoms with Crippen molar-refractivity contribution < 1.29 is 9.52 Å². The molecule has 0 amide bonds. The van der Waals surface area contributed by atoms with E-state index in [1.807, 2.05) is 18.2 Å². The predicted octanol–water partition coefficient (Wildman–Crippen LogP) is 6.87. The fourth-order valence-corrected chi connectivity index (χ4v) is 12.9. The Morgan fingerprint density at radius 2 is 1.50 bits per heavy atom. The van der Waals surface area contributed by atoms with Crippen LogP contribution in [0.15, 0.2) is 63.8 Å². The summed E-state index contributed by atoms with van der Waals surface area (Å²) in [5.41, 5.74) is 0.743. The molecule has 28 heavy (non-hydrogen) atoms. The van der Waals surface area contributed by atoms with Crippen LogP contribution in [0.3, 0.4) is 0 Å². The van der Waals surface area contributed by atoms with E-state index in [1.54, 1.807) is 45.3 Å². The van der Waals surface area contributed by atoms with E-state index in [0.29, 0.717) is 16.5 Å². The zero-order valence-electron chi connectivity index (χ0n) is 16.7. The first-order valence-corrected chi connectivity index (χ1v) is 22.1. The fourth-order valence-electron chi connectivity index (χ4n) is 2.91. The molecule has 0 bridgehead atoms. The van der Waals surface area contributed by atoms with Gasteiger partial charge in [0.05, 0.1) is 5.39 Å². The maximum atomic E-state index is 12.0. The quantitative estimate of drug-likeness (QED) is 0.326. The first kappa shape index (κ1) is 23.0. The third-order valence-corrected chi connectivity index (χ3v) is 16.6. The molecule has 0 atom stereocenters. The molecule has 0 aliphatic rings. The molecular weight excluding hydrogens is 523 g/mol. The van der Waals surface area contributed by atoms with Crippen molar-refractivity contribution in [3.05, 3.63) is 64.8 Å². The second-order valence-corrected chi connectivity index (χ2v) is 22.2. The normalized spacial score (nSPS) is 10.7. The van der Waals surface area contributed by atoms with Gasteiger partial charge in [-0.05, 0) is 12.1 Å². The average Bonchev–Trinajstić information content (AvgIpc) is 2.74. The van der Waals surface area contributed by atoms with Crippen LogP contribution < -0.4 is 5.43 Å². The summed E-state index contributed by atoms with van der Waals surface area (Å²) in [5.74, 6) is -0.140. The zero-order chi connectivity index (χ0) is 20.4. The Balaban J connectivity index is 0.000000242. The second kappa shape index (κ2) is 12.3. The molecular formula is C23H29BrO3Sn. The molecule has 1 aromatic heterocycles. The first-order valence-electron chi connectivity index (χ1n) is 10.0. The Kier molecular flexibility index (Phi) is 10.1. The van der Waals surface area contributed by atoms with Crippen LogP contribution in [0.4, 0.5) is 0 Å². The molecule has 0 fully saturated rings. The summed E-state index contributed by atoms with van der Waals surface area (Å²) >= 11 is 2.85. The molecule has 3 aromatic rings. The van der Waals surface area contributed by atoms with Crippen molar-refractivity contribution in [3.8, 4) is 17.1 Å². The van der Waals surface area contributed by atoms with Gasteiger partial charge in [-0.15, -0.1) is 0 Å². The topological polar surface area (TPSA) is 50.4 Å². The minimum Gasteiger partial charge on any atom is -0.502 e. The van der Waals surface area contributed by atoms with E-state index < -0.39 is 23.0 Å². The molecule has 3 nitrogen and oxygen atoms in total. The molecule has 0 aliphatic carbocycles. The van der Waals surface area contributed by atoms with Crippen molar-refractivity contribution in [3.63, 3.8) is 0 Å². The van der Waals surface area contributed by atoms with Gasteiger partial charge in [0.25, 0.3) is 0 Å². The molecule has 2 aromatic carbocycles. The number of halogens is 1. The molecule has 1 N–H and O–H groups in total. The van der Waals surface area contributed by atoms with Gasteiger partial charge in [-0.2, -0.15) is 0 Å². The average molecular weight is 552 g/mol. The number of para-hydroxylation sites is 1. The summed E-state index contributed by atoms with van der Waals surface area (Å²) in [5, 5.41) is 10.3. The number of hydrogen-bond acceptors (Lipinski definition) is 3.